The van der Waals surface area contributed by atoms with E-state index >= 15 is 4.39 Å². The van der Waals surface area contributed by atoms with Crippen molar-refractivity contribution in [1.82, 2.24) is 18.7 Å². The molecule has 1 aromatic carbocycles. The van der Waals surface area contributed by atoms with E-state index in [1.54, 1.807) is 18.3 Å². The van der Waals surface area contributed by atoms with E-state index < -0.39 is 5.82 Å². The van der Waals surface area contributed by atoms with Gasteiger partial charge in [0.05, 0.1) is 46.8 Å². The normalized spacial score (nSPS) is 20.1. The number of halogens is 2. The van der Waals surface area contributed by atoms with E-state index in [-0.39, 0.29) is 41.4 Å². The predicted octanol–water partition coefficient (Wildman–Crippen LogP) is 4.98. The second kappa shape index (κ2) is 8.49. The maximum absolute atomic E-state index is 15.0. The van der Waals surface area contributed by atoms with Crippen LogP contribution >= 0.6 is 23.1 Å². The summed E-state index contributed by atoms with van der Waals surface area (Å²) in [4.78, 5) is 23.9. The Morgan fingerprint density at radius 1 is 1.24 bits per heavy atom. The van der Waals surface area contributed by atoms with E-state index in [1.165, 1.54) is 22.0 Å². The number of nitrogens with zero attached hydrogens (tertiary/aromatic N) is 4. The number of benzene rings is 1. The molecule has 7 nitrogen and oxygen atoms in total. The first-order chi connectivity index (χ1) is 16.5. The van der Waals surface area contributed by atoms with Gasteiger partial charge in [-0.3, -0.25) is 9.20 Å². The minimum absolute atomic E-state index is 0.0241. The Balaban J connectivity index is 1.52. The van der Waals surface area contributed by atoms with Gasteiger partial charge < -0.3 is 9.47 Å². The van der Waals surface area contributed by atoms with Crippen molar-refractivity contribution in [3.8, 4) is 11.3 Å². The molecule has 0 saturated carbocycles. The lowest BCUT2D eigenvalue weighted by Gasteiger charge is -2.29. The van der Waals surface area contributed by atoms with Crippen LogP contribution in [-0.2, 0) is 22.7 Å². The topological polar surface area (TPSA) is 78.6 Å². The first-order valence-corrected chi connectivity index (χ1v) is 12.2. The summed E-state index contributed by atoms with van der Waals surface area (Å²) in [5.41, 5.74) is 3.42. The van der Waals surface area contributed by atoms with Gasteiger partial charge in [-0.05, 0) is 55.6 Å². The summed E-state index contributed by atoms with van der Waals surface area (Å²) in [5, 5.41) is 0.285. The minimum Gasteiger partial charge on any atom is -0.373 e. The molecule has 0 aliphatic carbocycles. The van der Waals surface area contributed by atoms with Crippen LogP contribution in [-0.4, -0.2) is 25.3 Å². The van der Waals surface area contributed by atoms with E-state index in [0.717, 1.165) is 17.0 Å². The average molecular weight is 499 g/mol. The molecule has 4 aromatic rings. The lowest BCUT2D eigenvalue weighted by molar-refractivity contribution is 0.00674. The summed E-state index contributed by atoms with van der Waals surface area (Å²) in [5.74, 6) is -0.494. The Bertz CT molecular complexity index is 1490. The van der Waals surface area contributed by atoms with Crippen LogP contribution in [0.4, 0.5) is 4.39 Å². The van der Waals surface area contributed by atoms with E-state index in [9.17, 15) is 4.79 Å². The van der Waals surface area contributed by atoms with Crippen LogP contribution in [0.25, 0.3) is 16.9 Å². The SMILES string of the molecule is Cc1cc(C2CC(c3cn4c(=O)c5c(nc4c(-c4ccc(Cl)cc4F)n3)COC5)CCO2)sn1. The zero-order valence-electron chi connectivity index (χ0n) is 18.3. The van der Waals surface area contributed by atoms with Gasteiger partial charge in [0.2, 0.25) is 0 Å². The van der Waals surface area contributed by atoms with Crippen molar-refractivity contribution in [2.75, 3.05) is 6.61 Å². The van der Waals surface area contributed by atoms with Crippen LogP contribution in [0.2, 0.25) is 5.02 Å². The molecule has 2 aliphatic rings. The van der Waals surface area contributed by atoms with Crippen LogP contribution in [0.15, 0.2) is 35.3 Å². The second-order valence-corrected chi connectivity index (χ2v) is 9.89. The number of hydrogen-bond acceptors (Lipinski definition) is 7. The summed E-state index contributed by atoms with van der Waals surface area (Å²) in [6.45, 7) is 2.99. The minimum atomic E-state index is -0.518. The number of aromatic nitrogens is 4. The Labute approximate surface area is 203 Å². The van der Waals surface area contributed by atoms with Crippen LogP contribution in [0.1, 0.15) is 52.4 Å². The molecule has 0 spiro atoms. The molecule has 10 heteroatoms. The molecule has 2 atom stereocenters. The summed E-state index contributed by atoms with van der Waals surface area (Å²) in [6, 6.07) is 6.47. The van der Waals surface area contributed by atoms with Crippen molar-refractivity contribution in [3.63, 3.8) is 0 Å². The number of aryl methyl sites for hydroxylation is 1. The number of rotatable bonds is 3. The van der Waals surface area contributed by atoms with Crippen molar-refractivity contribution in [2.24, 2.45) is 0 Å². The molecule has 0 N–H and O–H groups in total. The van der Waals surface area contributed by atoms with E-state index in [4.69, 9.17) is 26.1 Å². The predicted molar refractivity (Wildman–Crippen MR) is 126 cm³/mol. The maximum Gasteiger partial charge on any atom is 0.263 e. The van der Waals surface area contributed by atoms with Crippen molar-refractivity contribution in [1.29, 1.82) is 0 Å². The summed E-state index contributed by atoms with van der Waals surface area (Å²) >= 11 is 7.43. The van der Waals surface area contributed by atoms with Crippen molar-refractivity contribution < 1.29 is 13.9 Å². The van der Waals surface area contributed by atoms with Crippen LogP contribution < -0.4 is 5.56 Å². The standard InChI is InChI=1S/C24H20ClFN4O3S/c1-12-6-21(34-29-12)20-7-13(4-5-33-20)18-9-30-23(28-19-11-32-10-16(19)24(30)31)22(27-18)15-3-2-14(25)8-17(15)26/h2-3,6,8-9,13,20H,4-5,7,10-11H2,1H3. The fraction of sp³-hybridized carbons (Fsp3) is 0.333. The lowest BCUT2D eigenvalue weighted by Crippen LogP contribution is -2.24. The maximum atomic E-state index is 15.0. The third-order valence-corrected chi connectivity index (χ3v) is 7.55. The molecule has 0 radical (unpaired) electrons. The third kappa shape index (κ3) is 3.73. The number of ether oxygens (including phenoxy) is 2. The van der Waals surface area contributed by atoms with Gasteiger partial charge in [-0.2, -0.15) is 4.37 Å². The molecule has 6 rings (SSSR count). The largest absolute Gasteiger partial charge is 0.373 e. The monoisotopic (exact) mass is 498 g/mol. The first kappa shape index (κ1) is 21.8. The van der Waals surface area contributed by atoms with Gasteiger partial charge in [0.25, 0.3) is 5.56 Å². The van der Waals surface area contributed by atoms with Gasteiger partial charge in [-0.1, -0.05) is 11.6 Å². The molecular formula is C24H20ClFN4O3S. The van der Waals surface area contributed by atoms with Crippen molar-refractivity contribution in [2.45, 2.75) is 45.0 Å². The third-order valence-electron chi connectivity index (χ3n) is 6.35. The molecule has 1 saturated heterocycles. The van der Waals surface area contributed by atoms with Gasteiger partial charge in [0, 0.05) is 29.3 Å². The fourth-order valence-electron chi connectivity index (χ4n) is 4.61. The average Bonchev–Trinajstić information content (AvgIpc) is 3.48. The highest BCUT2D eigenvalue weighted by atomic mass is 35.5. The lowest BCUT2D eigenvalue weighted by atomic mass is 9.91. The molecule has 0 bridgehead atoms. The molecule has 2 unspecified atom stereocenters. The van der Waals surface area contributed by atoms with E-state index in [1.807, 2.05) is 13.0 Å². The Morgan fingerprint density at radius 2 is 2.12 bits per heavy atom. The molecule has 174 valence electrons. The van der Waals surface area contributed by atoms with Gasteiger partial charge in [0.15, 0.2) is 5.65 Å². The van der Waals surface area contributed by atoms with Gasteiger partial charge in [-0.15, -0.1) is 0 Å². The highest BCUT2D eigenvalue weighted by Crippen LogP contribution is 2.39. The van der Waals surface area contributed by atoms with Crippen LogP contribution in [0.5, 0.6) is 0 Å². The van der Waals surface area contributed by atoms with Crippen LogP contribution in [0, 0.1) is 12.7 Å². The quantitative estimate of drug-likeness (QED) is 0.396. The van der Waals surface area contributed by atoms with Crippen molar-refractivity contribution >= 4 is 28.8 Å². The highest BCUT2D eigenvalue weighted by Gasteiger charge is 2.30. The molecule has 5 heterocycles. The highest BCUT2D eigenvalue weighted by molar-refractivity contribution is 7.05. The van der Waals surface area contributed by atoms with E-state index in [2.05, 4.69) is 9.36 Å². The fourth-order valence-corrected chi connectivity index (χ4v) is 5.58. The van der Waals surface area contributed by atoms with Gasteiger partial charge >= 0.3 is 0 Å². The van der Waals surface area contributed by atoms with Gasteiger partial charge in [-0.25, -0.2) is 14.4 Å². The smallest absolute Gasteiger partial charge is 0.263 e. The zero-order valence-corrected chi connectivity index (χ0v) is 19.8. The number of fused-ring (bicyclic) bond motifs is 2. The number of hydrogen-bond donors (Lipinski definition) is 0. The Hall–Kier alpha value is -2.72. The molecule has 3 aromatic heterocycles. The summed E-state index contributed by atoms with van der Waals surface area (Å²) in [6.07, 6.45) is 3.08. The molecule has 34 heavy (non-hydrogen) atoms. The molecule has 0 amide bonds. The van der Waals surface area contributed by atoms with Crippen LogP contribution in [0.3, 0.4) is 0 Å². The van der Waals surface area contributed by atoms with Gasteiger partial charge in [0.1, 0.15) is 11.5 Å². The molecular weight excluding hydrogens is 479 g/mol. The summed E-state index contributed by atoms with van der Waals surface area (Å²) in [7, 11) is 0. The van der Waals surface area contributed by atoms with E-state index in [0.29, 0.717) is 41.3 Å². The Kier molecular flexibility index (Phi) is 5.44. The Morgan fingerprint density at radius 3 is 2.91 bits per heavy atom. The molecule has 2 aliphatic heterocycles. The first-order valence-electron chi connectivity index (χ1n) is 11.0. The second-order valence-electron chi connectivity index (χ2n) is 8.62. The molecule has 1 fully saturated rings. The zero-order chi connectivity index (χ0) is 23.4. The van der Waals surface area contributed by atoms with Crippen molar-refractivity contribution in [3.05, 3.63) is 79.2 Å². The summed E-state index contributed by atoms with van der Waals surface area (Å²) < 4.78 is 32.3.